The molecule has 218 valence electrons. The fourth-order valence-corrected chi connectivity index (χ4v) is 3.99. The van der Waals surface area contributed by atoms with Crippen LogP contribution in [0.25, 0.3) is 0 Å². The lowest BCUT2D eigenvalue weighted by atomic mass is 9.78. The molecule has 0 aliphatic rings. The largest absolute Gasteiger partial charge is 0.488 e. The van der Waals surface area contributed by atoms with E-state index in [9.17, 15) is 9.59 Å². The van der Waals surface area contributed by atoms with E-state index in [1.165, 1.54) is 12.2 Å². The van der Waals surface area contributed by atoms with Gasteiger partial charge in [-0.25, -0.2) is 0 Å². The van der Waals surface area contributed by atoms with Gasteiger partial charge in [0.25, 0.3) is 0 Å². The minimum Gasteiger partial charge on any atom is -0.488 e. The summed E-state index contributed by atoms with van der Waals surface area (Å²) in [5, 5.41) is 0. The molecule has 0 bridgehead atoms. The van der Waals surface area contributed by atoms with Gasteiger partial charge in [-0.15, -0.1) is 0 Å². The molecule has 2 aromatic carbocycles. The van der Waals surface area contributed by atoms with Gasteiger partial charge in [0, 0.05) is 5.41 Å². The molecule has 0 aliphatic heterocycles. The molecule has 6 heteroatoms. The molecule has 1 unspecified atom stereocenters. The summed E-state index contributed by atoms with van der Waals surface area (Å²) in [5.74, 6) is 1.12. The molecule has 0 heterocycles. The van der Waals surface area contributed by atoms with Crippen LogP contribution in [0.4, 0.5) is 0 Å². The first-order valence-corrected chi connectivity index (χ1v) is 13.6. The molecule has 0 saturated heterocycles. The maximum atomic E-state index is 12.0. The van der Waals surface area contributed by atoms with Gasteiger partial charge in [-0.1, -0.05) is 51.3 Å². The fourth-order valence-electron chi connectivity index (χ4n) is 3.99. The fraction of sp³-hybridized carbons (Fsp3) is 0.471. The Morgan fingerprint density at radius 1 is 0.725 bits per heavy atom. The van der Waals surface area contributed by atoms with Crippen LogP contribution in [0.15, 0.2) is 73.8 Å². The summed E-state index contributed by atoms with van der Waals surface area (Å²) >= 11 is 0. The number of ketones is 2. The predicted molar refractivity (Wildman–Crippen MR) is 160 cm³/mol. The molecule has 0 saturated carbocycles. The van der Waals surface area contributed by atoms with Crippen LogP contribution < -0.4 is 9.47 Å². The summed E-state index contributed by atoms with van der Waals surface area (Å²) in [4.78, 5) is 23.9. The van der Waals surface area contributed by atoms with E-state index in [1.807, 2.05) is 45.0 Å². The van der Waals surface area contributed by atoms with Gasteiger partial charge in [0.1, 0.15) is 34.4 Å². The van der Waals surface area contributed by atoms with Crippen molar-refractivity contribution in [3.63, 3.8) is 0 Å². The molecule has 0 radical (unpaired) electrons. The first-order valence-electron chi connectivity index (χ1n) is 13.6. The minimum atomic E-state index is -0.953. The first-order chi connectivity index (χ1) is 18.4. The molecule has 1 atom stereocenters. The molecule has 2 aromatic rings. The Bertz CT molecular complexity index is 1170. The molecule has 0 fully saturated rings. The van der Waals surface area contributed by atoms with E-state index in [0.29, 0.717) is 0 Å². The molecule has 0 aromatic heterocycles. The lowest BCUT2D eigenvalue weighted by molar-refractivity contribution is -0.141. The van der Waals surface area contributed by atoms with Crippen molar-refractivity contribution in [1.82, 2.24) is 0 Å². The molecule has 0 aliphatic carbocycles. The lowest BCUT2D eigenvalue weighted by Crippen LogP contribution is -2.42. The summed E-state index contributed by atoms with van der Waals surface area (Å²) in [6, 6.07) is 16.1. The number of carbonyl (C=O) groups is 2. The Labute approximate surface area is 240 Å². The van der Waals surface area contributed by atoms with Crippen LogP contribution in [0.2, 0.25) is 0 Å². The summed E-state index contributed by atoms with van der Waals surface area (Å²) in [6.45, 7) is 24.6. The van der Waals surface area contributed by atoms with Crippen LogP contribution in [0.3, 0.4) is 0 Å². The van der Waals surface area contributed by atoms with Gasteiger partial charge in [-0.3, -0.25) is 9.59 Å². The van der Waals surface area contributed by atoms with Gasteiger partial charge >= 0.3 is 0 Å². The number of benzene rings is 2. The standard InChI is InChI=1S/C34H46O6/c1-12-29(35)33(8,9)37-22-24(3)39-27-18-14-25(15-19-27)32(6,7)26-16-20-28(21-17-26)40-31(4,5)23-38-34(10,11)30(36)13-2/h12-21,24H,1-2,22-23H2,3-11H3. The summed E-state index contributed by atoms with van der Waals surface area (Å²) in [5.41, 5.74) is -0.501. The highest BCUT2D eigenvalue weighted by atomic mass is 16.6. The van der Waals surface area contributed by atoms with Crippen LogP contribution in [-0.4, -0.2) is 47.7 Å². The van der Waals surface area contributed by atoms with Crippen molar-refractivity contribution in [1.29, 1.82) is 0 Å². The third-order valence-electron chi connectivity index (χ3n) is 6.90. The van der Waals surface area contributed by atoms with Crippen molar-refractivity contribution in [3.8, 4) is 11.5 Å². The van der Waals surface area contributed by atoms with Gasteiger partial charge in [0.15, 0.2) is 11.6 Å². The quantitative estimate of drug-likeness (QED) is 0.209. The van der Waals surface area contributed by atoms with Crippen molar-refractivity contribution < 1.29 is 28.5 Å². The zero-order chi connectivity index (χ0) is 30.4. The van der Waals surface area contributed by atoms with Crippen LogP contribution in [0, 0.1) is 0 Å². The Hall–Kier alpha value is -3.22. The number of carbonyl (C=O) groups excluding carboxylic acids is 2. The van der Waals surface area contributed by atoms with Crippen molar-refractivity contribution in [2.75, 3.05) is 13.2 Å². The number of ether oxygens (including phenoxy) is 4. The van der Waals surface area contributed by atoms with E-state index in [2.05, 4.69) is 51.3 Å². The molecule has 6 nitrogen and oxygen atoms in total. The average Bonchev–Trinajstić information content (AvgIpc) is 2.90. The smallest absolute Gasteiger partial charge is 0.186 e. The number of rotatable bonds is 16. The Kier molecular flexibility index (Phi) is 10.7. The normalized spacial score (nSPS) is 13.3. The van der Waals surface area contributed by atoms with Gasteiger partial charge in [-0.05, 0) is 96.0 Å². The van der Waals surface area contributed by atoms with Crippen molar-refractivity contribution >= 4 is 11.6 Å². The first kappa shape index (κ1) is 33.0. The number of hydrogen-bond donors (Lipinski definition) is 0. The average molecular weight is 551 g/mol. The van der Waals surface area contributed by atoms with E-state index < -0.39 is 16.8 Å². The van der Waals surface area contributed by atoms with Crippen molar-refractivity contribution in [3.05, 3.63) is 85.0 Å². The number of hydrogen-bond acceptors (Lipinski definition) is 6. The van der Waals surface area contributed by atoms with E-state index in [-0.39, 0.29) is 36.3 Å². The summed E-state index contributed by atoms with van der Waals surface area (Å²) in [6.07, 6.45) is 2.33. The Balaban J connectivity index is 2.01. The van der Waals surface area contributed by atoms with Gasteiger partial charge in [0.2, 0.25) is 0 Å². The Morgan fingerprint density at radius 3 is 1.60 bits per heavy atom. The van der Waals surface area contributed by atoms with Crippen LogP contribution in [0.1, 0.15) is 73.4 Å². The molecule has 40 heavy (non-hydrogen) atoms. The highest BCUT2D eigenvalue weighted by Gasteiger charge is 2.31. The second kappa shape index (κ2) is 13.0. The SMILES string of the molecule is C=CC(=O)C(C)(C)OCC(C)Oc1ccc(C(C)(C)c2ccc(OC(C)(C)COC(C)(C)C(=O)C=C)cc2)cc1. The lowest BCUT2D eigenvalue weighted by Gasteiger charge is -2.31. The predicted octanol–water partition coefficient (Wildman–Crippen LogP) is 7.04. The van der Waals surface area contributed by atoms with Crippen LogP contribution in [-0.2, 0) is 24.5 Å². The molecule has 0 amide bonds. The van der Waals surface area contributed by atoms with Gasteiger partial charge in [0.05, 0.1) is 13.2 Å². The zero-order valence-corrected chi connectivity index (χ0v) is 25.6. The molecular formula is C34H46O6. The van der Waals surface area contributed by atoms with E-state index in [1.54, 1.807) is 27.7 Å². The van der Waals surface area contributed by atoms with Gasteiger partial charge in [-0.2, -0.15) is 0 Å². The van der Waals surface area contributed by atoms with E-state index in [4.69, 9.17) is 18.9 Å². The third kappa shape index (κ3) is 8.90. The zero-order valence-electron chi connectivity index (χ0n) is 25.6. The molecule has 0 N–H and O–H groups in total. The second-order valence-electron chi connectivity index (χ2n) is 12.2. The Morgan fingerprint density at radius 2 is 1.15 bits per heavy atom. The van der Waals surface area contributed by atoms with Gasteiger partial charge < -0.3 is 18.9 Å². The third-order valence-corrected chi connectivity index (χ3v) is 6.90. The molecular weight excluding hydrogens is 504 g/mol. The summed E-state index contributed by atoms with van der Waals surface area (Å²) in [7, 11) is 0. The second-order valence-corrected chi connectivity index (χ2v) is 12.2. The molecule has 2 rings (SSSR count). The highest BCUT2D eigenvalue weighted by molar-refractivity contribution is 5.96. The summed E-state index contributed by atoms with van der Waals surface area (Å²) < 4.78 is 23.8. The van der Waals surface area contributed by atoms with Crippen molar-refractivity contribution in [2.45, 2.75) is 90.6 Å². The minimum absolute atomic E-state index is 0.162. The maximum absolute atomic E-state index is 12.0. The topological polar surface area (TPSA) is 71.1 Å². The van der Waals surface area contributed by atoms with E-state index >= 15 is 0 Å². The monoisotopic (exact) mass is 550 g/mol. The molecule has 0 spiro atoms. The highest BCUT2D eigenvalue weighted by Crippen LogP contribution is 2.34. The maximum Gasteiger partial charge on any atom is 0.186 e. The van der Waals surface area contributed by atoms with Crippen molar-refractivity contribution in [2.24, 2.45) is 0 Å². The van der Waals surface area contributed by atoms with E-state index in [0.717, 1.165) is 22.6 Å². The van der Waals surface area contributed by atoms with Crippen LogP contribution in [0.5, 0.6) is 11.5 Å². The van der Waals surface area contributed by atoms with Crippen LogP contribution >= 0.6 is 0 Å².